The van der Waals surface area contributed by atoms with E-state index in [4.69, 9.17) is 16.6 Å². The molecule has 6 N–H and O–H groups in total. The van der Waals surface area contributed by atoms with E-state index in [9.17, 15) is 18.8 Å². The van der Waals surface area contributed by atoms with Crippen molar-refractivity contribution in [3.8, 4) is 0 Å². The first-order valence-electron chi connectivity index (χ1n) is 11.8. The number of rotatable bonds is 6. The Bertz CT molecular complexity index is 1670. The average molecular weight is 582 g/mol. The van der Waals surface area contributed by atoms with Gasteiger partial charge >= 0.3 is 0 Å². The summed E-state index contributed by atoms with van der Waals surface area (Å²) in [4.78, 5) is 48.1. The standard InChI is InChI=1S/C17H18N6O2S.C8H6FN3OS/c1-19-11-8-21-15-3-2-12(23(15)17(11)25)16(24)22-7-10-4-9-6-20-14(18)5-13(9)26-10;9-6-3-1-2-5(12-6)8(11)14-7(10)4-13/h4-6,8,12,19H,2-3,7H2,1H3,(H2,18,20)(H,22,24);1-4,10-11H. The average Bonchev–Trinajstić information content (AvgIpc) is 3.56. The van der Waals surface area contributed by atoms with E-state index in [1.807, 2.05) is 12.1 Å². The van der Waals surface area contributed by atoms with Gasteiger partial charge in [-0.15, -0.1) is 11.3 Å². The summed E-state index contributed by atoms with van der Waals surface area (Å²) in [6.07, 6.45) is 4.76. The zero-order chi connectivity index (χ0) is 28.8. The molecule has 1 amide bonds. The van der Waals surface area contributed by atoms with Crippen LogP contribution in [0.25, 0.3) is 10.1 Å². The van der Waals surface area contributed by atoms with Crippen LogP contribution in [0.2, 0.25) is 0 Å². The number of nitrogens with zero attached hydrogens (tertiary/aromatic N) is 4. The van der Waals surface area contributed by atoms with Gasteiger partial charge in [-0.05, 0) is 42.4 Å². The van der Waals surface area contributed by atoms with Crippen LogP contribution in [0.1, 0.15) is 28.9 Å². The van der Waals surface area contributed by atoms with Crippen LogP contribution in [0.15, 0.2) is 47.5 Å². The van der Waals surface area contributed by atoms with Crippen LogP contribution in [0, 0.1) is 16.8 Å². The molecular formula is C25H24FN9O3S2. The van der Waals surface area contributed by atoms with Gasteiger partial charge in [0.15, 0.2) is 6.29 Å². The van der Waals surface area contributed by atoms with E-state index in [0.29, 0.717) is 54.8 Å². The molecule has 0 fully saturated rings. The van der Waals surface area contributed by atoms with Crippen molar-refractivity contribution in [2.45, 2.75) is 25.4 Å². The summed E-state index contributed by atoms with van der Waals surface area (Å²) in [6, 6.07) is 7.30. The van der Waals surface area contributed by atoms with Crippen molar-refractivity contribution in [3.05, 3.63) is 75.4 Å². The van der Waals surface area contributed by atoms with E-state index in [1.165, 1.54) is 22.9 Å². The highest BCUT2D eigenvalue weighted by Gasteiger charge is 2.30. The molecule has 0 spiro atoms. The van der Waals surface area contributed by atoms with E-state index in [2.05, 4.69) is 25.6 Å². The van der Waals surface area contributed by atoms with Gasteiger partial charge in [0.25, 0.3) is 5.56 Å². The molecule has 0 aromatic carbocycles. The Balaban J connectivity index is 0.000000224. The molecule has 12 nitrogen and oxygen atoms in total. The number of carbonyl (C=O) groups is 2. The molecule has 0 aliphatic carbocycles. The number of nitrogens with one attached hydrogen (secondary N) is 4. The van der Waals surface area contributed by atoms with E-state index >= 15 is 0 Å². The maximum Gasteiger partial charge on any atom is 0.277 e. The van der Waals surface area contributed by atoms with E-state index in [0.717, 1.165) is 21.0 Å². The summed E-state index contributed by atoms with van der Waals surface area (Å²) < 4.78 is 15.1. The fourth-order valence-corrected chi connectivity index (χ4v) is 5.44. The lowest BCUT2D eigenvalue weighted by atomic mass is 10.2. The first kappa shape index (κ1) is 28.5. The largest absolute Gasteiger partial charge is 0.384 e. The number of nitrogen functional groups attached to an aromatic ring is 1. The van der Waals surface area contributed by atoms with Crippen LogP contribution in [0.3, 0.4) is 0 Å². The summed E-state index contributed by atoms with van der Waals surface area (Å²) in [5.41, 5.74) is 6.00. The number of hydrogen-bond donors (Lipinski definition) is 5. The molecule has 0 saturated heterocycles. The van der Waals surface area contributed by atoms with E-state index in [1.54, 1.807) is 24.6 Å². The van der Waals surface area contributed by atoms with Crippen molar-refractivity contribution in [1.82, 2.24) is 24.8 Å². The Morgan fingerprint density at radius 3 is 2.83 bits per heavy atom. The second-order valence-corrected chi connectivity index (χ2v) is 10.6. The Hall–Kier alpha value is -4.50. The van der Waals surface area contributed by atoms with Gasteiger partial charge in [-0.25, -0.2) is 15.0 Å². The monoisotopic (exact) mass is 581 g/mol. The predicted octanol–water partition coefficient (Wildman–Crippen LogP) is 2.74. The maximum atomic E-state index is 12.7. The molecule has 1 aliphatic rings. The molecule has 1 atom stereocenters. The molecule has 40 heavy (non-hydrogen) atoms. The highest BCUT2D eigenvalue weighted by Crippen LogP contribution is 2.27. The van der Waals surface area contributed by atoms with E-state index < -0.39 is 12.0 Å². The van der Waals surface area contributed by atoms with Crippen LogP contribution >= 0.6 is 23.1 Å². The molecule has 0 radical (unpaired) electrons. The minimum absolute atomic E-state index is 0.113. The minimum atomic E-state index is -0.689. The fourth-order valence-electron chi connectivity index (χ4n) is 3.93. The van der Waals surface area contributed by atoms with Gasteiger partial charge in [0.1, 0.15) is 33.5 Å². The number of aldehydes is 1. The number of nitrogens with two attached hydrogens (primary N) is 1. The minimum Gasteiger partial charge on any atom is -0.384 e. The van der Waals surface area contributed by atoms with E-state index in [-0.39, 0.29) is 27.2 Å². The van der Waals surface area contributed by atoms with Crippen molar-refractivity contribution < 1.29 is 14.0 Å². The first-order valence-corrected chi connectivity index (χ1v) is 13.5. The molecule has 5 heterocycles. The first-order chi connectivity index (χ1) is 19.2. The number of carbonyl (C=O) groups excluding carboxylic acids is 2. The summed E-state index contributed by atoms with van der Waals surface area (Å²) >= 11 is 2.20. The Kier molecular flexibility index (Phi) is 8.96. The lowest BCUT2D eigenvalue weighted by molar-refractivity contribution is -0.124. The Morgan fingerprint density at radius 2 is 2.10 bits per heavy atom. The second-order valence-electron chi connectivity index (χ2n) is 8.40. The Morgan fingerprint density at radius 1 is 1.30 bits per heavy atom. The number of pyridine rings is 2. The van der Waals surface area contributed by atoms with Crippen LogP contribution in [0.5, 0.6) is 0 Å². The number of anilines is 2. The zero-order valence-electron chi connectivity index (χ0n) is 21.1. The van der Waals surface area contributed by atoms with Gasteiger partial charge in [-0.1, -0.05) is 6.07 Å². The summed E-state index contributed by atoms with van der Waals surface area (Å²) in [5.74, 6) is 0.267. The van der Waals surface area contributed by atoms with Crippen LogP contribution in [-0.2, 0) is 22.6 Å². The molecule has 4 aromatic heterocycles. The van der Waals surface area contributed by atoms with Crippen molar-refractivity contribution in [3.63, 3.8) is 0 Å². The molecule has 5 rings (SSSR count). The molecule has 4 aromatic rings. The topological polar surface area (TPSA) is 193 Å². The van der Waals surface area contributed by atoms with Gasteiger partial charge < -0.3 is 16.4 Å². The number of halogens is 1. The lowest BCUT2D eigenvalue weighted by Crippen LogP contribution is -2.36. The smallest absolute Gasteiger partial charge is 0.277 e. The van der Waals surface area contributed by atoms with Crippen LogP contribution in [0.4, 0.5) is 15.9 Å². The molecule has 1 aliphatic heterocycles. The third kappa shape index (κ3) is 6.55. The number of amides is 1. The number of hydrogen-bond acceptors (Lipinski definition) is 12. The van der Waals surface area contributed by atoms with Crippen molar-refractivity contribution >= 4 is 67.0 Å². The number of thiophene rings is 1. The van der Waals surface area contributed by atoms with Gasteiger partial charge in [0.2, 0.25) is 11.9 Å². The predicted molar refractivity (Wildman–Crippen MR) is 154 cm³/mol. The summed E-state index contributed by atoms with van der Waals surface area (Å²) in [6.45, 7) is 0.401. The lowest BCUT2D eigenvalue weighted by Gasteiger charge is -2.14. The summed E-state index contributed by atoms with van der Waals surface area (Å²) in [5, 5.41) is 20.7. The van der Waals surface area contributed by atoms with Crippen molar-refractivity contribution in [2.75, 3.05) is 18.1 Å². The molecular weight excluding hydrogens is 557 g/mol. The molecule has 0 saturated carbocycles. The molecule has 15 heteroatoms. The quantitative estimate of drug-likeness (QED) is 0.0985. The van der Waals surface area contributed by atoms with Gasteiger partial charge in [-0.2, -0.15) is 4.39 Å². The SMILES string of the molecule is CNc1cnc2n(c1=O)C(C(=O)NCc1cc3cnc(N)cc3s1)CC2.N=C(C=O)SC(=N)c1cccc(F)n1. The van der Waals surface area contributed by atoms with Crippen molar-refractivity contribution in [1.29, 1.82) is 10.8 Å². The van der Waals surface area contributed by atoms with Gasteiger partial charge in [-0.3, -0.25) is 29.8 Å². The highest BCUT2D eigenvalue weighted by molar-refractivity contribution is 8.28. The van der Waals surface area contributed by atoms with Gasteiger partial charge in [0, 0.05) is 34.6 Å². The van der Waals surface area contributed by atoms with Crippen molar-refractivity contribution in [2.24, 2.45) is 0 Å². The molecule has 0 bridgehead atoms. The summed E-state index contributed by atoms with van der Waals surface area (Å²) in [7, 11) is 1.67. The van der Waals surface area contributed by atoms with Crippen LogP contribution in [-0.4, -0.2) is 48.8 Å². The maximum absolute atomic E-state index is 12.7. The van der Waals surface area contributed by atoms with Gasteiger partial charge in [0.05, 0.1) is 18.4 Å². The highest BCUT2D eigenvalue weighted by atomic mass is 32.2. The molecule has 206 valence electrons. The third-order valence-corrected chi connectivity index (χ3v) is 7.60. The third-order valence-electron chi connectivity index (χ3n) is 5.77. The number of aryl methyl sites for hydroxylation is 1. The molecule has 1 unspecified atom stereocenters. The zero-order valence-corrected chi connectivity index (χ0v) is 22.7. The normalized spacial score (nSPS) is 13.6. The van der Waals surface area contributed by atoms with Crippen LogP contribution < -0.4 is 21.9 Å². The second kappa shape index (κ2) is 12.6. The Labute approximate surface area is 235 Å². The number of thioether (sulfide) groups is 1. The fraction of sp³-hybridized carbons (Fsp3) is 0.200. The number of aromatic nitrogens is 4. The number of fused-ring (bicyclic) bond motifs is 2.